The Bertz CT molecular complexity index is 1810. The minimum atomic E-state index is -0.878. The number of benzene rings is 4. The standard InChI is InChI=1S/C35H36N6O6/c1-23(2)40(35(45)36-19-25-12-16-29(42)17-13-25)38-22-33(43)39-31(18-24-10-14-28(15-11-24)41(46)47)34(44)37(21-32(38)39)20-27-8-5-7-26-6-3-4-9-30(26)27/h3-17,23,31-32,42H,18-22H2,1-2H3,(H,36,45)/t31-,32+/m0/s1. The smallest absolute Gasteiger partial charge is 0.332 e. The number of non-ortho nitro benzene ring substituents is 1. The van der Waals surface area contributed by atoms with Crippen LogP contribution in [0.1, 0.15) is 30.5 Å². The molecule has 2 N–H and O–H groups in total. The topological polar surface area (TPSA) is 140 Å². The van der Waals surface area contributed by atoms with Crippen LogP contribution in [0.25, 0.3) is 10.8 Å². The van der Waals surface area contributed by atoms with Crippen molar-refractivity contribution in [1.82, 2.24) is 25.1 Å². The van der Waals surface area contributed by atoms with Crippen molar-refractivity contribution in [2.75, 3.05) is 13.1 Å². The molecule has 6 rings (SSSR count). The molecule has 12 nitrogen and oxygen atoms in total. The quantitative estimate of drug-likeness (QED) is 0.205. The molecule has 2 saturated heterocycles. The molecule has 0 aliphatic carbocycles. The van der Waals surface area contributed by atoms with Crippen LogP contribution in [0.15, 0.2) is 91.0 Å². The number of nitrogens with zero attached hydrogens (tertiary/aromatic N) is 5. The second-order valence-electron chi connectivity index (χ2n) is 12.1. The molecule has 0 saturated carbocycles. The largest absolute Gasteiger partial charge is 0.508 e. The van der Waals surface area contributed by atoms with E-state index < -0.39 is 23.2 Å². The second-order valence-corrected chi connectivity index (χ2v) is 12.1. The van der Waals surface area contributed by atoms with Gasteiger partial charge in [-0.15, -0.1) is 0 Å². The van der Waals surface area contributed by atoms with Crippen LogP contribution in [-0.4, -0.2) is 79.0 Å². The van der Waals surface area contributed by atoms with E-state index >= 15 is 0 Å². The Balaban J connectivity index is 1.32. The number of hydrazine groups is 1. The number of hydrogen-bond acceptors (Lipinski definition) is 7. The summed E-state index contributed by atoms with van der Waals surface area (Å²) in [4.78, 5) is 55.8. The van der Waals surface area contributed by atoms with E-state index in [0.29, 0.717) is 12.1 Å². The first kappa shape index (κ1) is 31.5. The lowest BCUT2D eigenvalue weighted by Gasteiger charge is -2.47. The van der Waals surface area contributed by atoms with Gasteiger partial charge < -0.3 is 20.2 Å². The van der Waals surface area contributed by atoms with Gasteiger partial charge >= 0.3 is 6.03 Å². The molecule has 2 aliphatic heterocycles. The summed E-state index contributed by atoms with van der Waals surface area (Å²) in [6.45, 7) is 4.33. The molecule has 0 radical (unpaired) electrons. The molecule has 2 heterocycles. The first-order valence-corrected chi connectivity index (χ1v) is 15.5. The maximum Gasteiger partial charge on any atom is 0.332 e. The highest BCUT2D eigenvalue weighted by Gasteiger charge is 2.52. The van der Waals surface area contributed by atoms with Gasteiger partial charge in [0.25, 0.3) is 5.69 Å². The average Bonchev–Trinajstić information content (AvgIpc) is 3.37. The normalized spacial score (nSPS) is 18.1. The predicted molar refractivity (Wildman–Crippen MR) is 175 cm³/mol. The molecule has 2 atom stereocenters. The van der Waals surface area contributed by atoms with Gasteiger partial charge in [-0.3, -0.25) is 24.7 Å². The Hall–Kier alpha value is -5.49. The second kappa shape index (κ2) is 13.1. The van der Waals surface area contributed by atoms with E-state index in [0.717, 1.165) is 21.9 Å². The molecule has 12 heteroatoms. The molecule has 4 amide bonds. The Labute approximate surface area is 271 Å². The SMILES string of the molecule is CC(C)N(C(=O)NCc1ccc(O)cc1)N1CC(=O)N2[C@@H](Cc3ccc([N+](=O)[O-])cc3)C(=O)N(Cc3cccc4ccccc34)C[C@@H]21. The number of amides is 4. The number of fused-ring (bicyclic) bond motifs is 2. The monoisotopic (exact) mass is 636 g/mol. The van der Waals surface area contributed by atoms with Crippen molar-refractivity contribution in [3.05, 3.63) is 118 Å². The fourth-order valence-corrected chi connectivity index (χ4v) is 6.50. The van der Waals surface area contributed by atoms with Gasteiger partial charge in [0.15, 0.2) is 0 Å². The van der Waals surface area contributed by atoms with Crippen LogP contribution < -0.4 is 5.32 Å². The van der Waals surface area contributed by atoms with E-state index in [9.17, 15) is 29.6 Å². The van der Waals surface area contributed by atoms with Crippen LogP contribution in [-0.2, 0) is 29.1 Å². The third-order valence-electron chi connectivity index (χ3n) is 8.74. The van der Waals surface area contributed by atoms with Crippen molar-refractivity contribution in [3.8, 4) is 5.75 Å². The molecule has 0 unspecified atom stereocenters. The van der Waals surface area contributed by atoms with E-state index in [4.69, 9.17) is 0 Å². The summed E-state index contributed by atoms with van der Waals surface area (Å²) < 4.78 is 0. The van der Waals surface area contributed by atoms with Crippen LogP contribution in [0.5, 0.6) is 5.75 Å². The van der Waals surface area contributed by atoms with Gasteiger partial charge in [-0.25, -0.2) is 4.79 Å². The van der Waals surface area contributed by atoms with Crippen LogP contribution in [0.2, 0.25) is 0 Å². The molecule has 242 valence electrons. The molecule has 2 fully saturated rings. The summed E-state index contributed by atoms with van der Waals surface area (Å²) >= 11 is 0. The number of nitro benzene ring substituents is 1. The summed E-state index contributed by atoms with van der Waals surface area (Å²) in [7, 11) is 0. The highest BCUT2D eigenvalue weighted by atomic mass is 16.6. The number of hydrogen-bond donors (Lipinski definition) is 2. The van der Waals surface area contributed by atoms with E-state index in [1.54, 1.807) is 51.2 Å². The summed E-state index contributed by atoms with van der Waals surface area (Å²) in [5, 5.41) is 29.1. The van der Waals surface area contributed by atoms with Crippen molar-refractivity contribution in [1.29, 1.82) is 0 Å². The first-order valence-electron chi connectivity index (χ1n) is 15.5. The number of urea groups is 1. The zero-order valence-corrected chi connectivity index (χ0v) is 26.2. The Morgan fingerprint density at radius 3 is 2.36 bits per heavy atom. The minimum Gasteiger partial charge on any atom is -0.508 e. The van der Waals surface area contributed by atoms with Gasteiger partial charge in [0.2, 0.25) is 11.8 Å². The van der Waals surface area contributed by atoms with Crippen LogP contribution in [0.3, 0.4) is 0 Å². The Kier molecular flexibility index (Phi) is 8.77. The van der Waals surface area contributed by atoms with E-state index in [2.05, 4.69) is 5.32 Å². The van der Waals surface area contributed by atoms with Crippen molar-refractivity contribution < 1.29 is 24.4 Å². The van der Waals surface area contributed by atoms with E-state index in [1.165, 1.54) is 17.1 Å². The molecular formula is C35H36N6O6. The van der Waals surface area contributed by atoms with Gasteiger partial charge in [-0.05, 0) is 53.4 Å². The van der Waals surface area contributed by atoms with Gasteiger partial charge in [0.1, 0.15) is 18.0 Å². The minimum absolute atomic E-state index is 0.0616. The molecule has 0 bridgehead atoms. The number of carbonyl (C=O) groups is 3. The fourth-order valence-electron chi connectivity index (χ4n) is 6.50. The van der Waals surface area contributed by atoms with E-state index in [-0.39, 0.29) is 55.3 Å². The average molecular weight is 637 g/mol. The Morgan fingerprint density at radius 1 is 0.979 bits per heavy atom. The zero-order chi connectivity index (χ0) is 33.2. The Morgan fingerprint density at radius 2 is 1.66 bits per heavy atom. The molecule has 0 spiro atoms. The lowest BCUT2D eigenvalue weighted by molar-refractivity contribution is -0.384. The van der Waals surface area contributed by atoms with Crippen LogP contribution in [0.4, 0.5) is 10.5 Å². The number of nitro groups is 1. The zero-order valence-electron chi connectivity index (χ0n) is 26.2. The van der Waals surface area contributed by atoms with Crippen molar-refractivity contribution in [3.63, 3.8) is 0 Å². The third-order valence-corrected chi connectivity index (χ3v) is 8.74. The molecule has 4 aromatic rings. The maximum absolute atomic E-state index is 14.3. The molecule has 0 aromatic heterocycles. The van der Waals surface area contributed by atoms with Crippen molar-refractivity contribution in [2.45, 2.75) is 51.6 Å². The van der Waals surface area contributed by atoms with Crippen molar-refractivity contribution >= 4 is 34.3 Å². The van der Waals surface area contributed by atoms with Crippen LogP contribution in [0, 0.1) is 10.1 Å². The van der Waals surface area contributed by atoms with Gasteiger partial charge in [0.05, 0.1) is 18.0 Å². The van der Waals surface area contributed by atoms with Gasteiger partial charge in [-0.1, -0.05) is 66.7 Å². The van der Waals surface area contributed by atoms with Crippen molar-refractivity contribution in [2.24, 2.45) is 0 Å². The summed E-state index contributed by atoms with van der Waals surface area (Å²) in [6, 6.07) is 24.9. The number of piperazine rings is 1. The van der Waals surface area contributed by atoms with E-state index in [1.807, 2.05) is 56.3 Å². The lowest BCUT2D eigenvalue weighted by Crippen LogP contribution is -2.66. The predicted octanol–water partition coefficient (Wildman–Crippen LogP) is 4.41. The fraction of sp³-hybridized carbons (Fsp3) is 0.286. The number of phenols is 1. The molecule has 4 aromatic carbocycles. The molecule has 2 aliphatic rings. The number of carbonyl (C=O) groups excluding carboxylic acids is 3. The third kappa shape index (κ3) is 6.45. The number of rotatable bonds is 9. The number of phenolic OH excluding ortho intramolecular Hbond substituents is 1. The lowest BCUT2D eigenvalue weighted by atomic mass is 9.98. The summed E-state index contributed by atoms with van der Waals surface area (Å²) in [5.41, 5.74) is 2.38. The number of nitrogens with one attached hydrogen (secondary N) is 1. The maximum atomic E-state index is 14.3. The van der Waals surface area contributed by atoms with Gasteiger partial charge in [-0.2, -0.15) is 5.01 Å². The first-order chi connectivity index (χ1) is 22.6. The number of aromatic hydroxyl groups is 1. The molecular weight excluding hydrogens is 600 g/mol. The molecule has 47 heavy (non-hydrogen) atoms. The highest BCUT2D eigenvalue weighted by Crippen LogP contribution is 2.32. The highest BCUT2D eigenvalue weighted by molar-refractivity contribution is 5.92. The summed E-state index contributed by atoms with van der Waals surface area (Å²) in [6.07, 6.45) is -0.465. The van der Waals surface area contributed by atoms with Gasteiger partial charge in [0, 0.05) is 37.7 Å². The van der Waals surface area contributed by atoms with Crippen LogP contribution >= 0.6 is 0 Å². The summed E-state index contributed by atoms with van der Waals surface area (Å²) in [5.74, 6) is -0.379.